The highest BCUT2D eigenvalue weighted by Gasteiger charge is 2.25. The first-order valence-electron chi connectivity index (χ1n) is 13.3. The number of pyridine rings is 1. The Morgan fingerprint density at radius 1 is 0.425 bits per heavy atom. The number of rotatable bonds is 0. The van der Waals surface area contributed by atoms with Gasteiger partial charge in [-0.2, -0.15) is 10.5 Å². The van der Waals surface area contributed by atoms with Crippen LogP contribution in [0.1, 0.15) is 11.1 Å². The van der Waals surface area contributed by atoms with Crippen molar-refractivity contribution >= 4 is 87.0 Å². The molecule has 10 aromatic rings. The van der Waals surface area contributed by atoms with Gasteiger partial charge < -0.3 is 8.80 Å². The van der Waals surface area contributed by atoms with Crippen LogP contribution in [-0.2, 0) is 0 Å². The standard InChI is InChI=1S/C36H16N4/c37-17-19-8-11-23-27-16-31-33(34-25-12-9-20(18-38)15-30(25)40(36(27)34)29(23)14-19)26-6-3-4-21-10-13-24-22-5-1-2-7-28(22)39(31)35(24)32(21)26/h1-16H. The maximum absolute atomic E-state index is 9.79. The highest BCUT2D eigenvalue weighted by molar-refractivity contribution is 6.39. The predicted octanol–water partition coefficient (Wildman–Crippen LogP) is 8.88. The van der Waals surface area contributed by atoms with Gasteiger partial charge in [-0.3, -0.25) is 0 Å². The summed E-state index contributed by atoms with van der Waals surface area (Å²) in [5.41, 5.74) is 7.98. The average molecular weight is 505 g/mol. The number of aromatic nitrogens is 2. The van der Waals surface area contributed by atoms with Crippen LogP contribution in [0.5, 0.6) is 0 Å². The Hall–Kier alpha value is -5.84. The Balaban J connectivity index is 1.64. The van der Waals surface area contributed by atoms with Crippen LogP contribution in [0.25, 0.3) is 87.0 Å². The molecule has 4 heterocycles. The van der Waals surface area contributed by atoms with Crippen molar-refractivity contribution in [2.75, 3.05) is 0 Å². The van der Waals surface area contributed by atoms with Gasteiger partial charge in [0.2, 0.25) is 0 Å². The van der Waals surface area contributed by atoms with Crippen LogP contribution in [0.2, 0.25) is 0 Å². The Labute approximate surface area is 226 Å². The van der Waals surface area contributed by atoms with E-state index < -0.39 is 0 Å². The molecule has 0 N–H and O–H groups in total. The van der Waals surface area contributed by atoms with Crippen LogP contribution in [0.15, 0.2) is 97.1 Å². The summed E-state index contributed by atoms with van der Waals surface area (Å²) in [6.45, 7) is 0. The lowest BCUT2D eigenvalue weighted by Gasteiger charge is -2.14. The topological polar surface area (TPSA) is 56.4 Å². The van der Waals surface area contributed by atoms with E-state index in [0.29, 0.717) is 11.1 Å². The number of nitriles is 2. The molecule has 0 aliphatic carbocycles. The number of benzene rings is 6. The van der Waals surface area contributed by atoms with Gasteiger partial charge in [-0.05, 0) is 47.2 Å². The van der Waals surface area contributed by atoms with Crippen molar-refractivity contribution in [3.63, 3.8) is 0 Å². The van der Waals surface area contributed by atoms with Crippen molar-refractivity contribution in [3.8, 4) is 12.1 Å². The molecule has 0 amide bonds. The zero-order valence-corrected chi connectivity index (χ0v) is 21.0. The number of para-hydroxylation sites is 1. The molecule has 0 aliphatic heterocycles. The molecule has 4 aromatic heterocycles. The van der Waals surface area contributed by atoms with E-state index in [-0.39, 0.29) is 0 Å². The minimum Gasteiger partial charge on any atom is -0.308 e. The molecule has 0 spiro atoms. The maximum Gasteiger partial charge on any atom is 0.0992 e. The van der Waals surface area contributed by atoms with E-state index in [4.69, 9.17) is 0 Å². The molecule has 0 atom stereocenters. The quantitative estimate of drug-likeness (QED) is 0.153. The number of hydrogen-bond acceptors (Lipinski definition) is 2. The lowest BCUT2D eigenvalue weighted by atomic mass is 9.95. The van der Waals surface area contributed by atoms with Gasteiger partial charge in [-0.25, -0.2) is 0 Å². The summed E-state index contributed by atoms with van der Waals surface area (Å²) in [7, 11) is 0. The fraction of sp³-hybridized carbons (Fsp3) is 0. The largest absolute Gasteiger partial charge is 0.308 e. The number of fused-ring (bicyclic) bond motifs is 13. The van der Waals surface area contributed by atoms with Gasteiger partial charge in [0, 0.05) is 43.1 Å². The molecule has 10 rings (SSSR count). The fourth-order valence-electron chi connectivity index (χ4n) is 7.47. The molecule has 180 valence electrons. The van der Waals surface area contributed by atoms with Crippen LogP contribution in [0.4, 0.5) is 0 Å². The lowest BCUT2D eigenvalue weighted by molar-refractivity contribution is 1.35. The summed E-state index contributed by atoms with van der Waals surface area (Å²) >= 11 is 0. The second-order valence-corrected chi connectivity index (χ2v) is 10.8. The maximum atomic E-state index is 9.79. The molecule has 0 saturated carbocycles. The van der Waals surface area contributed by atoms with Crippen molar-refractivity contribution in [1.29, 1.82) is 10.5 Å². The smallest absolute Gasteiger partial charge is 0.0992 e. The fourth-order valence-corrected chi connectivity index (χ4v) is 7.47. The molecule has 0 saturated heterocycles. The first kappa shape index (κ1) is 20.2. The van der Waals surface area contributed by atoms with Gasteiger partial charge in [0.15, 0.2) is 0 Å². The Morgan fingerprint density at radius 2 is 1.07 bits per heavy atom. The van der Waals surface area contributed by atoms with E-state index in [0.717, 1.165) is 32.7 Å². The van der Waals surface area contributed by atoms with E-state index >= 15 is 0 Å². The van der Waals surface area contributed by atoms with Gasteiger partial charge in [-0.15, -0.1) is 0 Å². The van der Waals surface area contributed by atoms with Crippen molar-refractivity contribution < 1.29 is 0 Å². The second kappa shape index (κ2) is 6.59. The summed E-state index contributed by atoms with van der Waals surface area (Å²) in [4.78, 5) is 0. The SMILES string of the molecule is N#Cc1ccc2c3cc4c(c5cccc6ccc7c8ccccc8n4c7c65)c4c5ccc(C#N)cc5n(c2c1)c34. The van der Waals surface area contributed by atoms with Crippen molar-refractivity contribution in [2.45, 2.75) is 0 Å². The normalized spacial score (nSPS) is 12.4. The Kier molecular flexibility index (Phi) is 3.32. The molecule has 0 aliphatic rings. The van der Waals surface area contributed by atoms with Crippen molar-refractivity contribution in [2.24, 2.45) is 0 Å². The third kappa shape index (κ3) is 2.09. The molecule has 0 bridgehead atoms. The highest BCUT2D eigenvalue weighted by atomic mass is 14.9. The minimum absolute atomic E-state index is 0.623. The van der Waals surface area contributed by atoms with Crippen molar-refractivity contribution in [1.82, 2.24) is 8.80 Å². The summed E-state index contributed by atoms with van der Waals surface area (Å²) < 4.78 is 4.72. The van der Waals surface area contributed by atoms with Crippen LogP contribution in [-0.4, -0.2) is 8.80 Å². The number of hydrogen-bond donors (Lipinski definition) is 0. The molecular weight excluding hydrogens is 488 g/mol. The Bertz CT molecular complexity index is 2830. The first-order chi connectivity index (χ1) is 19.8. The lowest BCUT2D eigenvalue weighted by Crippen LogP contribution is -1.93. The van der Waals surface area contributed by atoms with E-state index in [2.05, 4.69) is 93.7 Å². The monoisotopic (exact) mass is 504 g/mol. The molecule has 40 heavy (non-hydrogen) atoms. The van der Waals surface area contributed by atoms with E-state index in [1.165, 1.54) is 54.3 Å². The van der Waals surface area contributed by atoms with Crippen LogP contribution in [0, 0.1) is 22.7 Å². The summed E-state index contributed by atoms with van der Waals surface area (Å²) in [5.74, 6) is 0. The summed E-state index contributed by atoms with van der Waals surface area (Å²) in [6.07, 6.45) is 0. The van der Waals surface area contributed by atoms with Gasteiger partial charge in [-0.1, -0.05) is 60.7 Å². The molecule has 0 fully saturated rings. The summed E-state index contributed by atoms with van der Waals surface area (Å²) in [6, 6.07) is 38.7. The van der Waals surface area contributed by atoms with Crippen LogP contribution < -0.4 is 0 Å². The highest BCUT2D eigenvalue weighted by Crippen LogP contribution is 2.48. The van der Waals surface area contributed by atoms with Gasteiger partial charge in [0.05, 0.1) is 56.4 Å². The molecule has 0 unspecified atom stereocenters. The van der Waals surface area contributed by atoms with Gasteiger partial charge >= 0.3 is 0 Å². The Morgan fingerprint density at radius 3 is 1.90 bits per heavy atom. The average Bonchev–Trinajstić information content (AvgIpc) is 3.64. The molecule has 0 radical (unpaired) electrons. The van der Waals surface area contributed by atoms with Crippen LogP contribution >= 0.6 is 0 Å². The van der Waals surface area contributed by atoms with E-state index in [9.17, 15) is 10.5 Å². The first-order valence-corrected chi connectivity index (χ1v) is 13.3. The molecule has 4 heteroatoms. The third-order valence-corrected chi connectivity index (χ3v) is 8.98. The number of nitrogens with zero attached hydrogens (tertiary/aromatic N) is 4. The minimum atomic E-state index is 0.623. The predicted molar refractivity (Wildman–Crippen MR) is 163 cm³/mol. The molecular formula is C36H16N4. The van der Waals surface area contributed by atoms with E-state index in [1.54, 1.807) is 0 Å². The van der Waals surface area contributed by atoms with Crippen LogP contribution in [0.3, 0.4) is 0 Å². The summed E-state index contributed by atoms with van der Waals surface area (Å²) in [5, 5.41) is 31.5. The second-order valence-electron chi connectivity index (χ2n) is 10.8. The molecule has 6 aromatic carbocycles. The van der Waals surface area contributed by atoms with Crippen molar-refractivity contribution in [3.05, 3.63) is 108 Å². The van der Waals surface area contributed by atoms with Gasteiger partial charge in [0.25, 0.3) is 0 Å². The third-order valence-electron chi connectivity index (χ3n) is 8.98. The zero-order chi connectivity index (χ0) is 26.3. The van der Waals surface area contributed by atoms with E-state index in [1.807, 2.05) is 24.3 Å². The zero-order valence-electron chi connectivity index (χ0n) is 21.0. The molecule has 4 nitrogen and oxygen atoms in total. The van der Waals surface area contributed by atoms with Gasteiger partial charge in [0.1, 0.15) is 0 Å².